The summed E-state index contributed by atoms with van der Waals surface area (Å²) in [5.74, 6) is -0.292. The van der Waals surface area contributed by atoms with Crippen LogP contribution in [0.4, 0.5) is 0 Å². The number of imidazole rings is 1. The molecular weight excluding hydrogens is 272 g/mol. The molecule has 0 atom stereocenters. The number of hydrogen-bond donors (Lipinski definition) is 0. The summed E-state index contributed by atoms with van der Waals surface area (Å²) >= 11 is 1.34. The molecule has 0 bridgehead atoms. The summed E-state index contributed by atoms with van der Waals surface area (Å²) in [5, 5.41) is 0. The summed E-state index contributed by atoms with van der Waals surface area (Å²) in [7, 11) is 0. The number of aromatic nitrogens is 2. The van der Waals surface area contributed by atoms with Crippen molar-refractivity contribution in [3.05, 3.63) is 47.1 Å². The van der Waals surface area contributed by atoms with E-state index in [0.717, 1.165) is 16.2 Å². The number of carbonyl (C=O) groups is 1. The van der Waals surface area contributed by atoms with Crippen LogP contribution in [0.25, 0.3) is 16.2 Å². The lowest BCUT2D eigenvalue weighted by Crippen LogP contribution is -2.01. The number of carbonyl (C=O) groups excluding carboxylic acids is 1. The standard InChI is InChI=1S/C15H14N2O2S/c1-3-19-14(18)13-9-17-8-12(16-15(17)20-13)11-6-4-10(2)5-7-11/h4-9H,3H2,1-2H3. The molecule has 2 heterocycles. The van der Waals surface area contributed by atoms with Gasteiger partial charge in [0.1, 0.15) is 4.88 Å². The average molecular weight is 286 g/mol. The van der Waals surface area contributed by atoms with Gasteiger partial charge in [-0.1, -0.05) is 41.2 Å². The topological polar surface area (TPSA) is 43.6 Å². The van der Waals surface area contributed by atoms with E-state index in [1.807, 2.05) is 22.7 Å². The number of benzene rings is 1. The number of rotatable bonds is 3. The monoisotopic (exact) mass is 286 g/mol. The minimum atomic E-state index is -0.292. The van der Waals surface area contributed by atoms with Gasteiger partial charge < -0.3 is 4.74 Å². The van der Waals surface area contributed by atoms with Crippen molar-refractivity contribution < 1.29 is 9.53 Å². The van der Waals surface area contributed by atoms with E-state index in [2.05, 4.69) is 24.0 Å². The Labute approximate surface area is 120 Å². The normalized spacial score (nSPS) is 10.9. The fraction of sp³-hybridized carbons (Fsp3) is 0.200. The minimum absolute atomic E-state index is 0.292. The summed E-state index contributed by atoms with van der Waals surface area (Å²) in [6.07, 6.45) is 3.70. The van der Waals surface area contributed by atoms with E-state index >= 15 is 0 Å². The molecule has 0 spiro atoms. The van der Waals surface area contributed by atoms with Crippen LogP contribution in [-0.2, 0) is 4.74 Å². The quantitative estimate of drug-likeness (QED) is 0.692. The van der Waals surface area contributed by atoms with Crippen LogP contribution >= 0.6 is 11.3 Å². The number of fused-ring (bicyclic) bond motifs is 1. The molecule has 0 saturated heterocycles. The van der Waals surface area contributed by atoms with Gasteiger partial charge in [-0.05, 0) is 13.8 Å². The third-order valence-electron chi connectivity index (χ3n) is 2.98. The van der Waals surface area contributed by atoms with E-state index in [1.165, 1.54) is 16.9 Å². The summed E-state index contributed by atoms with van der Waals surface area (Å²) in [5.41, 5.74) is 3.20. The molecule has 1 aromatic carbocycles. The van der Waals surface area contributed by atoms with Gasteiger partial charge in [-0.2, -0.15) is 0 Å². The maximum atomic E-state index is 11.7. The molecule has 0 aliphatic rings. The molecule has 0 aliphatic carbocycles. The fourth-order valence-electron chi connectivity index (χ4n) is 1.96. The number of thiazole rings is 1. The average Bonchev–Trinajstić information content (AvgIpc) is 2.98. The van der Waals surface area contributed by atoms with Crippen molar-refractivity contribution in [3.8, 4) is 11.3 Å². The molecule has 0 saturated carbocycles. The summed E-state index contributed by atoms with van der Waals surface area (Å²) in [4.78, 5) is 17.6. The number of hydrogen-bond acceptors (Lipinski definition) is 4. The van der Waals surface area contributed by atoms with Crippen LogP contribution in [-0.4, -0.2) is 22.0 Å². The maximum Gasteiger partial charge on any atom is 0.349 e. The van der Waals surface area contributed by atoms with Gasteiger partial charge in [0.15, 0.2) is 4.96 Å². The smallest absolute Gasteiger partial charge is 0.349 e. The predicted octanol–water partition coefficient (Wildman–Crippen LogP) is 3.55. The molecule has 0 unspecified atom stereocenters. The lowest BCUT2D eigenvalue weighted by molar-refractivity contribution is 0.0531. The third kappa shape index (κ3) is 2.32. The maximum absolute atomic E-state index is 11.7. The van der Waals surface area contributed by atoms with Crippen LogP contribution in [0.5, 0.6) is 0 Å². The molecule has 20 heavy (non-hydrogen) atoms. The second-order valence-electron chi connectivity index (χ2n) is 4.50. The van der Waals surface area contributed by atoms with E-state index in [-0.39, 0.29) is 5.97 Å². The van der Waals surface area contributed by atoms with Crippen LogP contribution in [0, 0.1) is 6.92 Å². The molecule has 5 heteroatoms. The molecule has 0 fully saturated rings. The van der Waals surface area contributed by atoms with Gasteiger partial charge in [-0.25, -0.2) is 9.78 Å². The van der Waals surface area contributed by atoms with Crippen molar-refractivity contribution in [1.29, 1.82) is 0 Å². The Kier molecular flexibility index (Phi) is 3.28. The highest BCUT2D eigenvalue weighted by Gasteiger charge is 2.13. The Balaban J connectivity index is 1.94. The Morgan fingerprint density at radius 3 is 2.70 bits per heavy atom. The Morgan fingerprint density at radius 1 is 1.30 bits per heavy atom. The molecular formula is C15H14N2O2S. The first-order valence-electron chi connectivity index (χ1n) is 6.40. The Bertz CT molecular complexity index is 724. The molecule has 3 rings (SSSR count). The number of esters is 1. The van der Waals surface area contributed by atoms with E-state index in [9.17, 15) is 4.79 Å². The minimum Gasteiger partial charge on any atom is -0.462 e. The lowest BCUT2D eigenvalue weighted by Gasteiger charge is -1.97. The van der Waals surface area contributed by atoms with Crippen molar-refractivity contribution >= 4 is 22.3 Å². The molecule has 2 aromatic heterocycles. The highest BCUT2D eigenvalue weighted by Crippen LogP contribution is 2.24. The molecule has 102 valence electrons. The summed E-state index contributed by atoms with van der Waals surface area (Å²) in [6.45, 7) is 4.24. The largest absolute Gasteiger partial charge is 0.462 e. The summed E-state index contributed by atoms with van der Waals surface area (Å²) < 4.78 is 6.85. The van der Waals surface area contributed by atoms with Crippen LogP contribution < -0.4 is 0 Å². The molecule has 3 aromatic rings. The lowest BCUT2D eigenvalue weighted by atomic mass is 10.1. The Hall–Kier alpha value is -2.14. The second-order valence-corrected chi connectivity index (χ2v) is 5.51. The summed E-state index contributed by atoms with van der Waals surface area (Å²) in [6, 6.07) is 8.22. The number of aryl methyl sites for hydroxylation is 1. The second kappa shape index (κ2) is 5.09. The molecule has 0 aliphatic heterocycles. The van der Waals surface area contributed by atoms with Gasteiger partial charge in [0.2, 0.25) is 0 Å². The number of ether oxygens (including phenoxy) is 1. The molecule has 0 radical (unpaired) electrons. The van der Waals surface area contributed by atoms with Gasteiger partial charge in [-0.15, -0.1) is 0 Å². The SMILES string of the molecule is CCOC(=O)c1cn2cc(-c3ccc(C)cc3)nc2s1. The first-order chi connectivity index (χ1) is 9.67. The molecule has 0 N–H and O–H groups in total. The van der Waals surface area contributed by atoms with Crippen molar-refractivity contribution in [2.24, 2.45) is 0 Å². The highest BCUT2D eigenvalue weighted by atomic mass is 32.1. The van der Waals surface area contributed by atoms with Crippen LogP contribution in [0.1, 0.15) is 22.2 Å². The van der Waals surface area contributed by atoms with Gasteiger partial charge >= 0.3 is 5.97 Å². The first-order valence-corrected chi connectivity index (χ1v) is 7.21. The van der Waals surface area contributed by atoms with Gasteiger partial charge in [0, 0.05) is 18.0 Å². The Morgan fingerprint density at radius 2 is 2.05 bits per heavy atom. The predicted molar refractivity (Wildman–Crippen MR) is 79.2 cm³/mol. The van der Waals surface area contributed by atoms with E-state index in [4.69, 9.17) is 4.74 Å². The van der Waals surface area contributed by atoms with Crippen molar-refractivity contribution in [1.82, 2.24) is 9.38 Å². The first kappa shape index (κ1) is 12.9. The van der Waals surface area contributed by atoms with Crippen LogP contribution in [0.15, 0.2) is 36.7 Å². The van der Waals surface area contributed by atoms with Gasteiger partial charge in [-0.3, -0.25) is 4.40 Å². The van der Waals surface area contributed by atoms with Crippen LogP contribution in [0.2, 0.25) is 0 Å². The third-order valence-corrected chi connectivity index (χ3v) is 3.96. The van der Waals surface area contributed by atoms with E-state index < -0.39 is 0 Å². The zero-order chi connectivity index (χ0) is 14.1. The molecule has 0 amide bonds. The van der Waals surface area contributed by atoms with E-state index in [0.29, 0.717) is 11.5 Å². The molecule has 4 nitrogen and oxygen atoms in total. The van der Waals surface area contributed by atoms with Crippen molar-refractivity contribution in [2.45, 2.75) is 13.8 Å². The van der Waals surface area contributed by atoms with Crippen molar-refractivity contribution in [3.63, 3.8) is 0 Å². The van der Waals surface area contributed by atoms with Gasteiger partial charge in [0.25, 0.3) is 0 Å². The number of nitrogens with zero attached hydrogens (tertiary/aromatic N) is 2. The zero-order valence-electron chi connectivity index (χ0n) is 11.3. The van der Waals surface area contributed by atoms with Crippen LogP contribution in [0.3, 0.4) is 0 Å². The van der Waals surface area contributed by atoms with Gasteiger partial charge in [0.05, 0.1) is 12.3 Å². The zero-order valence-corrected chi connectivity index (χ0v) is 12.1. The highest BCUT2D eigenvalue weighted by molar-refractivity contribution is 7.18. The fourth-order valence-corrected chi connectivity index (χ4v) is 2.82. The van der Waals surface area contributed by atoms with Crippen molar-refractivity contribution in [2.75, 3.05) is 6.61 Å². The van der Waals surface area contributed by atoms with E-state index in [1.54, 1.807) is 13.1 Å².